The number of primary amides is 1. The molecule has 3 N–H and O–H groups in total. The van der Waals surface area contributed by atoms with Crippen molar-refractivity contribution in [3.05, 3.63) is 0 Å². The van der Waals surface area contributed by atoms with Gasteiger partial charge in [0, 0.05) is 6.54 Å². The molecule has 0 aliphatic carbocycles. The summed E-state index contributed by atoms with van der Waals surface area (Å²) in [5, 5.41) is 2.27. The average Bonchev–Trinajstić information content (AvgIpc) is 2.83. The molecular weight excluding hydrogens is 357 g/mol. The molecule has 0 aromatic rings. The number of likely N-dealkylation sites (tertiary alicyclic amines) is 1. The van der Waals surface area contributed by atoms with E-state index in [9.17, 15) is 14.4 Å². The number of nitrogens with two attached hydrogens (primary N) is 1. The maximum atomic E-state index is 12.0. The van der Waals surface area contributed by atoms with Crippen molar-refractivity contribution in [3.8, 4) is 0 Å². The van der Waals surface area contributed by atoms with Crippen LogP contribution in [0.5, 0.6) is 0 Å². The SMILES string of the molecule is CC(C)(OC(=O)NCC(=O)N1CCC[C@H]1C(N)=O)C(Cl)(Cl)Cl. The second kappa shape index (κ2) is 7.10. The lowest BCUT2D eigenvalue weighted by molar-refractivity contribution is -0.136. The van der Waals surface area contributed by atoms with Gasteiger partial charge in [0.1, 0.15) is 12.6 Å². The highest BCUT2D eigenvalue weighted by atomic mass is 35.6. The summed E-state index contributed by atoms with van der Waals surface area (Å²) in [6, 6.07) is -0.636. The van der Waals surface area contributed by atoms with Crippen molar-refractivity contribution < 1.29 is 19.1 Å². The molecule has 0 spiro atoms. The van der Waals surface area contributed by atoms with Crippen LogP contribution in [0.3, 0.4) is 0 Å². The Kier molecular flexibility index (Phi) is 6.18. The fourth-order valence-electron chi connectivity index (χ4n) is 1.94. The van der Waals surface area contributed by atoms with Crippen molar-refractivity contribution in [1.29, 1.82) is 0 Å². The molecule has 7 nitrogen and oxygen atoms in total. The van der Waals surface area contributed by atoms with Crippen molar-refractivity contribution in [2.24, 2.45) is 5.73 Å². The third kappa shape index (κ3) is 4.79. The quantitative estimate of drug-likeness (QED) is 0.725. The van der Waals surface area contributed by atoms with Crippen molar-refractivity contribution in [2.75, 3.05) is 13.1 Å². The molecule has 126 valence electrons. The van der Waals surface area contributed by atoms with Gasteiger partial charge in [0.05, 0.1) is 0 Å². The van der Waals surface area contributed by atoms with Crippen LogP contribution in [-0.2, 0) is 14.3 Å². The first-order valence-corrected chi connectivity index (χ1v) is 7.71. The van der Waals surface area contributed by atoms with E-state index < -0.39 is 33.3 Å². The highest BCUT2D eigenvalue weighted by Gasteiger charge is 2.44. The molecule has 0 saturated carbocycles. The second-order valence-electron chi connectivity index (χ2n) is 5.40. The number of nitrogens with one attached hydrogen (secondary N) is 1. The monoisotopic (exact) mass is 373 g/mol. The van der Waals surface area contributed by atoms with Crippen LogP contribution in [0, 0.1) is 0 Å². The Labute approximate surface area is 143 Å². The number of nitrogens with zero attached hydrogens (tertiary/aromatic N) is 1. The number of ether oxygens (including phenoxy) is 1. The van der Waals surface area contributed by atoms with Crippen molar-refractivity contribution in [3.63, 3.8) is 0 Å². The number of alkyl halides is 3. The summed E-state index contributed by atoms with van der Waals surface area (Å²) in [5.41, 5.74) is 3.84. The summed E-state index contributed by atoms with van der Waals surface area (Å²) < 4.78 is 3.16. The molecule has 0 unspecified atom stereocenters. The van der Waals surface area contributed by atoms with E-state index in [1.807, 2.05) is 0 Å². The molecule has 1 aliphatic heterocycles. The number of alkyl carbamates (subject to hydrolysis) is 1. The molecule has 0 bridgehead atoms. The molecule has 10 heteroatoms. The number of carbonyl (C=O) groups excluding carboxylic acids is 3. The van der Waals surface area contributed by atoms with E-state index in [-0.39, 0.29) is 6.54 Å². The minimum absolute atomic E-state index is 0.335. The van der Waals surface area contributed by atoms with Crippen LogP contribution in [0.1, 0.15) is 26.7 Å². The smallest absolute Gasteiger partial charge is 0.408 e. The summed E-state index contributed by atoms with van der Waals surface area (Å²) in [6.45, 7) is 2.93. The van der Waals surface area contributed by atoms with Gasteiger partial charge in [-0.05, 0) is 26.7 Å². The molecule has 1 heterocycles. The molecule has 0 aromatic carbocycles. The molecule has 1 atom stereocenters. The lowest BCUT2D eigenvalue weighted by atomic mass is 10.2. The van der Waals surface area contributed by atoms with E-state index in [1.165, 1.54) is 18.7 Å². The van der Waals surface area contributed by atoms with E-state index in [2.05, 4.69) is 5.32 Å². The summed E-state index contributed by atoms with van der Waals surface area (Å²) in [5.74, 6) is -0.990. The van der Waals surface area contributed by atoms with Gasteiger partial charge in [0.25, 0.3) is 0 Å². The predicted octanol–water partition coefficient (Wildman–Crippen LogP) is 1.34. The number of rotatable bonds is 4. The van der Waals surface area contributed by atoms with Crippen LogP contribution in [0.2, 0.25) is 0 Å². The fraction of sp³-hybridized carbons (Fsp3) is 0.750. The maximum absolute atomic E-state index is 12.0. The van der Waals surface area contributed by atoms with Gasteiger partial charge < -0.3 is 20.7 Å². The molecule has 22 heavy (non-hydrogen) atoms. The Hall–Kier alpha value is -0.920. The Morgan fingerprint density at radius 2 is 1.91 bits per heavy atom. The zero-order chi connectivity index (χ0) is 17.1. The van der Waals surface area contributed by atoms with Crippen molar-refractivity contribution >= 4 is 52.7 Å². The fourth-order valence-corrected chi connectivity index (χ4v) is 2.05. The number of hydrogen-bond acceptors (Lipinski definition) is 4. The normalized spacial score (nSPS) is 19.0. The number of carbonyl (C=O) groups is 3. The minimum Gasteiger partial charge on any atom is -0.439 e. The minimum atomic E-state index is -1.82. The molecule has 0 aromatic heterocycles. The first kappa shape index (κ1) is 19.1. The molecule has 1 aliphatic rings. The standard InChI is InChI=1S/C12H18Cl3N3O4/c1-11(2,12(13,14)15)22-10(21)17-6-8(19)18-5-3-4-7(18)9(16)20/h7H,3-6H2,1-2H3,(H2,16,20)(H,17,21)/t7-/m0/s1. The zero-order valence-corrected chi connectivity index (χ0v) is 14.5. The van der Waals surface area contributed by atoms with Gasteiger partial charge in [-0.3, -0.25) is 9.59 Å². The van der Waals surface area contributed by atoms with Gasteiger partial charge in [0.15, 0.2) is 5.60 Å². The predicted molar refractivity (Wildman–Crippen MR) is 82.8 cm³/mol. The van der Waals surface area contributed by atoms with E-state index in [0.29, 0.717) is 19.4 Å². The average molecular weight is 375 g/mol. The number of halogens is 3. The largest absolute Gasteiger partial charge is 0.439 e. The summed E-state index contributed by atoms with van der Waals surface area (Å²) in [4.78, 5) is 36.2. The summed E-state index contributed by atoms with van der Waals surface area (Å²) in [7, 11) is 0. The maximum Gasteiger partial charge on any atom is 0.408 e. The van der Waals surface area contributed by atoms with E-state index >= 15 is 0 Å². The van der Waals surface area contributed by atoms with Crippen molar-refractivity contribution in [2.45, 2.75) is 42.1 Å². The zero-order valence-electron chi connectivity index (χ0n) is 12.2. The lowest BCUT2D eigenvalue weighted by Gasteiger charge is -2.31. The highest BCUT2D eigenvalue weighted by Crippen LogP contribution is 2.40. The molecule has 3 amide bonds. The van der Waals surface area contributed by atoms with Gasteiger partial charge in [-0.25, -0.2) is 4.79 Å². The van der Waals surface area contributed by atoms with Crippen LogP contribution in [-0.4, -0.2) is 51.3 Å². The number of hydrogen-bond donors (Lipinski definition) is 2. The van der Waals surface area contributed by atoms with Gasteiger partial charge in [0.2, 0.25) is 15.6 Å². The third-order valence-corrected chi connectivity index (χ3v) is 4.68. The highest BCUT2D eigenvalue weighted by molar-refractivity contribution is 6.68. The first-order chi connectivity index (χ1) is 9.95. The van der Waals surface area contributed by atoms with Crippen LogP contribution >= 0.6 is 34.8 Å². The molecular formula is C12H18Cl3N3O4. The first-order valence-electron chi connectivity index (χ1n) is 6.58. The molecule has 0 radical (unpaired) electrons. The topological polar surface area (TPSA) is 102 Å². The van der Waals surface area contributed by atoms with Crippen LogP contribution < -0.4 is 11.1 Å². The van der Waals surface area contributed by atoms with Gasteiger partial charge in [-0.2, -0.15) is 0 Å². The molecule has 1 rings (SSSR count). The van der Waals surface area contributed by atoms with Gasteiger partial charge in [-0.1, -0.05) is 34.8 Å². The summed E-state index contributed by atoms with van der Waals surface area (Å²) >= 11 is 17.1. The van der Waals surface area contributed by atoms with E-state index in [1.54, 1.807) is 0 Å². The Morgan fingerprint density at radius 1 is 1.32 bits per heavy atom. The van der Waals surface area contributed by atoms with Crippen molar-refractivity contribution in [1.82, 2.24) is 10.2 Å². The van der Waals surface area contributed by atoms with E-state index in [0.717, 1.165) is 0 Å². The number of amides is 3. The van der Waals surface area contributed by atoms with Gasteiger partial charge >= 0.3 is 6.09 Å². The molecule has 1 saturated heterocycles. The third-order valence-electron chi connectivity index (χ3n) is 3.32. The molecule has 1 fully saturated rings. The van der Waals surface area contributed by atoms with E-state index in [4.69, 9.17) is 45.3 Å². The van der Waals surface area contributed by atoms with Crippen LogP contribution in [0.4, 0.5) is 4.79 Å². The summed E-state index contributed by atoms with van der Waals surface area (Å²) in [6.07, 6.45) is 0.301. The second-order valence-corrected chi connectivity index (χ2v) is 7.68. The van der Waals surface area contributed by atoms with Crippen LogP contribution in [0.25, 0.3) is 0 Å². The Morgan fingerprint density at radius 3 is 2.41 bits per heavy atom. The van der Waals surface area contributed by atoms with Gasteiger partial charge in [-0.15, -0.1) is 0 Å². The lowest BCUT2D eigenvalue weighted by Crippen LogP contribution is -2.49. The Balaban J connectivity index is 2.51. The van der Waals surface area contributed by atoms with Crippen LogP contribution in [0.15, 0.2) is 0 Å². The Bertz CT molecular complexity index is 465.